The Morgan fingerprint density at radius 1 is 0.655 bits per heavy atom. The van der Waals surface area contributed by atoms with E-state index in [0.717, 1.165) is 38.8 Å². The molecule has 0 aliphatic carbocycles. The third-order valence-corrected chi connectivity index (χ3v) is 4.13. The molecule has 0 aliphatic rings. The molecule has 9 nitrogen and oxygen atoms in total. The molecule has 2 aromatic carbocycles. The number of unbranched alkanes of at least 4 members (excludes halogenated alkanes) is 2. The van der Waals surface area contributed by atoms with Crippen molar-refractivity contribution in [1.82, 2.24) is 5.32 Å². The van der Waals surface area contributed by atoms with Gasteiger partial charge in [0.2, 0.25) is 0 Å². The molecule has 0 bridgehead atoms. The van der Waals surface area contributed by atoms with Gasteiger partial charge < -0.3 is 14.8 Å². The third-order valence-electron chi connectivity index (χ3n) is 4.13. The molecule has 0 heterocycles. The molecule has 0 unspecified atom stereocenters. The van der Waals surface area contributed by atoms with Gasteiger partial charge >= 0.3 is 0 Å². The predicted octanol–water partition coefficient (Wildman–Crippen LogP) is 4.11. The zero-order valence-corrected chi connectivity index (χ0v) is 16.1. The van der Waals surface area contributed by atoms with Crippen LogP contribution in [0.5, 0.6) is 11.5 Å². The van der Waals surface area contributed by atoms with Crippen LogP contribution in [0.25, 0.3) is 0 Å². The number of hydrogen-bond acceptors (Lipinski definition) is 7. The normalized spacial score (nSPS) is 10.5. The average molecular weight is 403 g/mol. The maximum Gasteiger partial charge on any atom is 0.269 e. The van der Waals surface area contributed by atoms with E-state index < -0.39 is 9.85 Å². The summed E-state index contributed by atoms with van der Waals surface area (Å²) >= 11 is 0. The van der Waals surface area contributed by atoms with Crippen molar-refractivity contribution < 1.29 is 19.3 Å². The molecule has 0 radical (unpaired) electrons. The summed E-state index contributed by atoms with van der Waals surface area (Å²) < 4.78 is 11.1. The number of nitro benzene ring substituents is 2. The van der Waals surface area contributed by atoms with E-state index in [4.69, 9.17) is 9.47 Å². The minimum atomic E-state index is -0.433. The van der Waals surface area contributed by atoms with E-state index in [1.54, 1.807) is 24.3 Å². The summed E-state index contributed by atoms with van der Waals surface area (Å²) in [6.07, 6.45) is 3.75. The van der Waals surface area contributed by atoms with E-state index in [-0.39, 0.29) is 11.4 Å². The minimum Gasteiger partial charge on any atom is -0.494 e. The lowest BCUT2D eigenvalue weighted by Crippen LogP contribution is -2.18. The van der Waals surface area contributed by atoms with Gasteiger partial charge in [-0.25, -0.2) is 0 Å². The molecule has 2 rings (SSSR count). The third kappa shape index (κ3) is 8.56. The van der Waals surface area contributed by atoms with Gasteiger partial charge in [0.15, 0.2) is 0 Å². The van der Waals surface area contributed by atoms with Gasteiger partial charge in [0.1, 0.15) is 11.5 Å². The SMILES string of the molecule is O=[N+]([O-])c1ccc(OCCCCNCCCCOc2ccc([N+](=O)[O-])cc2)cc1. The highest BCUT2D eigenvalue weighted by Crippen LogP contribution is 2.18. The van der Waals surface area contributed by atoms with Crippen molar-refractivity contribution in [1.29, 1.82) is 0 Å². The van der Waals surface area contributed by atoms with E-state index in [2.05, 4.69) is 5.32 Å². The fourth-order valence-corrected chi connectivity index (χ4v) is 2.54. The molecule has 1 N–H and O–H groups in total. The number of non-ortho nitro benzene ring substituents is 2. The number of nitrogens with zero attached hydrogens (tertiary/aromatic N) is 2. The van der Waals surface area contributed by atoms with Crippen LogP contribution < -0.4 is 14.8 Å². The van der Waals surface area contributed by atoms with Crippen molar-refractivity contribution in [2.75, 3.05) is 26.3 Å². The highest BCUT2D eigenvalue weighted by atomic mass is 16.6. The summed E-state index contributed by atoms with van der Waals surface area (Å²) in [6, 6.07) is 12.2. The first kappa shape index (κ1) is 22.1. The Bertz CT molecular complexity index is 699. The van der Waals surface area contributed by atoms with Gasteiger partial charge in [-0.15, -0.1) is 0 Å². The lowest BCUT2D eigenvalue weighted by Gasteiger charge is -2.08. The Labute approximate surface area is 168 Å². The molecule has 0 aromatic heterocycles. The summed E-state index contributed by atoms with van der Waals surface area (Å²) in [4.78, 5) is 20.3. The van der Waals surface area contributed by atoms with Gasteiger partial charge in [0.25, 0.3) is 11.4 Å². The topological polar surface area (TPSA) is 117 Å². The highest BCUT2D eigenvalue weighted by molar-refractivity contribution is 5.36. The standard InChI is InChI=1S/C20H25N3O6/c24-22(25)17-5-9-19(10-6-17)28-15-3-1-13-21-14-2-4-16-29-20-11-7-18(8-12-20)23(26)27/h5-12,21H,1-4,13-16H2. The molecule has 0 atom stereocenters. The monoisotopic (exact) mass is 403 g/mol. The Hall–Kier alpha value is -3.20. The summed E-state index contributed by atoms with van der Waals surface area (Å²) in [6.45, 7) is 2.94. The van der Waals surface area contributed by atoms with Crippen molar-refractivity contribution in [2.24, 2.45) is 0 Å². The number of ether oxygens (including phenoxy) is 2. The van der Waals surface area contributed by atoms with Crippen molar-refractivity contribution >= 4 is 11.4 Å². The lowest BCUT2D eigenvalue weighted by molar-refractivity contribution is -0.385. The molecular formula is C20H25N3O6. The molecule has 156 valence electrons. The van der Waals surface area contributed by atoms with Crippen LogP contribution in [0.2, 0.25) is 0 Å². The zero-order valence-electron chi connectivity index (χ0n) is 16.1. The van der Waals surface area contributed by atoms with Crippen LogP contribution in [0, 0.1) is 20.2 Å². The van der Waals surface area contributed by atoms with Crippen LogP contribution >= 0.6 is 0 Å². The van der Waals surface area contributed by atoms with Crippen molar-refractivity contribution in [3.8, 4) is 11.5 Å². The van der Waals surface area contributed by atoms with Gasteiger partial charge in [0, 0.05) is 24.3 Å². The largest absolute Gasteiger partial charge is 0.494 e. The molecule has 0 saturated carbocycles. The maximum absolute atomic E-state index is 10.6. The molecule has 9 heteroatoms. The van der Waals surface area contributed by atoms with Crippen molar-refractivity contribution in [3.05, 3.63) is 68.8 Å². The van der Waals surface area contributed by atoms with Gasteiger partial charge in [-0.3, -0.25) is 20.2 Å². The van der Waals surface area contributed by atoms with E-state index >= 15 is 0 Å². The van der Waals surface area contributed by atoms with Crippen molar-refractivity contribution in [3.63, 3.8) is 0 Å². The van der Waals surface area contributed by atoms with Gasteiger partial charge in [-0.2, -0.15) is 0 Å². The maximum atomic E-state index is 10.6. The number of nitrogens with one attached hydrogen (secondary N) is 1. The quantitative estimate of drug-likeness (QED) is 0.286. The van der Waals surface area contributed by atoms with Crippen LogP contribution in [-0.4, -0.2) is 36.1 Å². The Morgan fingerprint density at radius 2 is 1.03 bits per heavy atom. The van der Waals surface area contributed by atoms with Crippen LogP contribution in [-0.2, 0) is 0 Å². The predicted molar refractivity (Wildman–Crippen MR) is 109 cm³/mol. The summed E-state index contributed by atoms with van der Waals surface area (Å²) in [5.41, 5.74) is 0.111. The second-order valence-electron chi connectivity index (χ2n) is 6.36. The van der Waals surface area contributed by atoms with Gasteiger partial charge in [0.05, 0.1) is 23.1 Å². The lowest BCUT2D eigenvalue weighted by atomic mass is 10.3. The van der Waals surface area contributed by atoms with Crippen LogP contribution in [0.1, 0.15) is 25.7 Å². The second-order valence-corrected chi connectivity index (χ2v) is 6.36. The average Bonchev–Trinajstić information content (AvgIpc) is 2.72. The van der Waals surface area contributed by atoms with Gasteiger partial charge in [-0.05, 0) is 63.0 Å². The van der Waals surface area contributed by atoms with Crippen LogP contribution in [0.15, 0.2) is 48.5 Å². The number of rotatable bonds is 14. The number of benzene rings is 2. The molecule has 0 aliphatic heterocycles. The van der Waals surface area contributed by atoms with E-state index in [9.17, 15) is 20.2 Å². The fraction of sp³-hybridized carbons (Fsp3) is 0.400. The molecule has 29 heavy (non-hydrogen) atoms. The molecule has 0 amide bonds. The first-order chi connectivity index (χ1) is 14.1. The van der Waals surface area contributed by atoms with E-state index in [1.165, 1.54) is 24.3 Å². The Balaban J connectivity index is 1.42. The van der Waals surface area contributed by atoms with E-state index in [1.807, 2.05) is 0 Å². The summed E-state index contributed by atoms with van der Waals surface area (Å²) in [7, 11) is 0. The van der Waals surface area contributed by atoms with Gasteiger partial charge in [-0.1, -0.05) is 0 Å². The Morgan fingerprint density at radius 3 is 1.38 bits per heavy atom. The summed E-state index contributed by atoms with van der Waals surface area (Å²) in [5, 5.41) is 24.5. The molecular weight excluding hydrogens is 378 g/mol. The number of hydrogen-bond donors (Lipinski definition) is 1. The zero-order chi connectivity index (χ0) is 20.9. The Kier molecular flexibility index (Phi) is 9.37. The van der Waals surface area contributed by atoms with Crippen LogP contribution in [0.3, 0.4) is 0 Å². The first-order valence-corrected chi connectivity index (χ1v) is 9.51. The fourth-order valence-electron chi connectivity index (χ4n) is 2.54. The smallest absolute Gasteiger partial charge is 0.269 e. The molecule has 0 spiro atoms. The second kappa shape index (κ2) is 12.3. The number of nitro groups is 2. The highest BCUT2D eigenvalue weighted by Gasteiger charge is 2.05. The minimum absolute atomic E-state index is 0.0553. The van der Waals surface area contributed by atoms with Crippen molar-refractivity contribution in [2.45, 2.75) is 25.7 Å². The molecule has 0 saturated heterocycles. The van der Waals surface area contributed by atoms with E-state index in [0.29, 0.717) is 24.7 Å². The first-order valence-electron chi connectivity index (χ1n) is 9.51. The molecule has 0 fully saturated rings. The molecule has 2 aromatic rings. The summed E-state index contributed by atoms with van der Waals surface area (Å²) in [5.74, 6) is 1.27. The van der Waals surface area contributed by atoms with Crippen LogP contribution in [0.4, 0.5) is 11.4 Å².